The molecule has 1 heterocycles. The second kappa shape index (κ2) is 8.54. The SMILES string of the molecule is O=C(NC1(C(=O)O)CCCCCC1)c1ccc(OC2CCOCC2)cc1. The van der Waals surface area contributed by atoms with Crippen molar-refractivity contribution in [3.05, 3.63) is 29.8 Å². The molecule has 1 aromatic rings. The second-order valence-corrected chi connectivity index (χ2v) is 7.21. The summed E-state index contributed by atoms with van der Waals surface area (Å²) in [6, 6.07) is 6.92. The van der Waals surface area contributed by atoms with Crippen LogP contribution in [0.15, 0.2) is 24.3 Å². The number of nitrogens with one attached hydrogen (secondary N) is 1. The van der Waals surface area contributed by atoms with Gasteiger partial charge in [0.1, 0.15) is 17.4 Å². The second-order valence-electron chi connectivity index (χ2n) is 7.21. The molecular weight excluding hydrogens is 334 g/mol. The third-order valence-electron chi connectivity index (χ3n) is 5.31. The quantitative estimate of drug-likeness (QED) is 0.787. The molecule has 1 aliphatic heterocycles. The zero-order chi connectivity index (χ0) is 18.4. The van der Waals surface area contributed by atoms with Crippen LogP contribution >= 0.6 is 0 Å². The maximum atomic E-state index is 12.6. The first-order valence-corrected chi connectivity index (χ1v) is 9.49. The van der Waals surface area contributed by atoms with Crippen molar-refractivity contribution in [2.75, 3.05) is 13.2 Å². The molecule has 0 spiro atoms. The van der Waals surface area contributed by atoms with E-state index in [1.807, 2.05) is 0 Å². The number of benzene rings is 1. The third-order valence-corrected chi connectivity index (χ3v) is 5.31. The Hall–Kier alpha value is -2.08. The molecule has 1 amide bonds. The zero-order valence-corrected chi connectivity index (χ0v) is 15.0. The maximum absolute atomic E-state index is 12.6. The van der Waals surface area contributed by atoms with Gasteiger partial charge in [-0.2, -0.15) is 0 Å². The summed E-state index contributed by atoms with van der Waals surface area (Å²) in [7, 11) is 0. The fourth-order valence-corrected chi connectivity index (χ4v) is 3.69. The Bertz CT molecular complexity index is 614. The molecule has 1 aromatic carbocycles. The standard InChI is InChI=1S/C20H27NO5/c22-18(21-20(19(23)24)11-3-1-2-4-12-20)15-5-7-16(8-6-15)26-17-9-13-25-14-10-17/h5-8,17H,1-4,9-14H2,(H,21,22)(H,23,24). The Balaban J connectivity index is 1.64. The van der Waals surface area contributed by atoms with Crippen molar-refractivity contribution < 1.29 is 24.2 Å². The summed E-state index contributed by atoms with van der Waals surface area (Å²) in [4.78, 5) is 24.4. The molecule has 1 saturated carbocycles. The average Bonchev–Trinajstić information content (AvgIpc) is 2.90. The topological polar surface area (TPSA) is 84.9 Å². The Morgan fingerprint density at radius 2 is 1.65 bits per heavy atom. The number of hydrogen-bond acceptors (Lipinski definition) is 4. The molecule has 0 radical (unpaired) electrons. The van der Waals surface area contributed by atoms with Gasteiger partial charge in [-0.05, 0) is 37.1 Å². The van der Waals surface area contributed by atoms with Crippen LogP contribution < -0.4 is 10.1 Å². The predicted molar refractivity (Wildman–Crippen MR) is 96.4 cm³/mol. The lowest BCUT2D eigenvalue weighted by molar-refractivity contribution is -0.145. The Labute approximate surface area is 153 Å². The molecule has 26 heavy (non-hydrogen) atoms. The minimum atomic E-state index is -1.15. The number of aliphatic carboxylic acids is 1. The van der Waals surface area contributed by atoms with Gasteiger partial charge in [0.15, 0.2) is 0 Å². The molecule has 142 valence electrons. The number of amides is 1. The number of ether oxygens (including phenoxy) is 2. The molecule has 0 unspecified atom stereocenters. The van der Waals surface area contributed by atoms with E-state index in [9.17, 15) is 14.7 Å². The van der Waals surface area contributed by atoms with E-state index in [2.05, 4.69) is 5.32 Å². The Morgan fingerprint density at radius 1 is 1.04 bits per heavy atom. The summed E-state index contributed by atoms with van der Waals surface area (Å²) in [6.45, 7) is 1.42. The highest BCUT2D eigenvalue weighted by Crippen LogP contribution is 2.28. The lowest BCUT2D eigenvalue weighted by Gasteiger charge is -2.29. The van der Waals surface area contributed by atoms with Crippen molar-refractivity contribution in [1.82, 2.24) is 5.32 Å². The van der Waals surface area contributed by atoms with Crippen LogP contribution in [0.4, 0.5) is 0 Å². The maximum Gasteiger partial charge on any atom is 0.329 e. The van der Waals surface area contributed by atoms with Crippen LogP contribution in [0.3, 0.4) is 0 Å². The number of carboxylic acids is 1. The van der Waals surface area contributed by atoms with Crippen molar-refractivity contribution in [3.8, 4) is 5.75 Å². The molecule has 0 atom stereocenters. The molecule has 3 rings (SSSR count). The summed E-state index contributed by atoms with van der Waals surface area (Å²) in [5.41, 5.74) is -0.695. The summed E-state index contributed by atoms with van der Waals surface area (Å²) in [6.07, 6.45) is 6.52. The van der Waals surface area contributed by atoms with Crippen molar-refractivity contribution in [2.45, 2.75) is 63.0 Å². The van der Waals surface area contributed by atoms with Gasteiger partial charge in [-0.15, -0.1) is 0 Å². The number of carboxylic acid groups (broad SMARTS) is 1. The highest BCUT2D eigenvalue weighted by Gasteiger charge is 2.40. The lowest BCUT2D eigenvalue weighted by Crippen LogP contribution is -2.54. The molecule has 0 aromatic heterocycles. The van der Waals surface area contributed by atoms with Gasteiger partial charge in [-0.25, -0.2) is 4.79 Å². The molecule has 2 aliphatic rings. The van der Waals surface area contributed by atoms with Crippen LogP contribution in [-0.4, -0.2) is 41.8 Å². The van der Waals surface area contributed by atoms with E-state index in [0.29, 0.717) is 31.6 Å². The van der Waals surface area contributed by atoms with Gasteiger partial charge in [-0.1, -0.05) is 25.7 Å². The van der Waals surface area contributed by atoms with Crippen LogP contribution in [0.2, 0.25) is 0 Å². The van der Waals surface area contributed by atoms with E-state index in [4.69, 9.17) is 9.47 Å². The molecule has 1 saturated heterocycles. The van der Waals surface area contributed by atoms with Crippen molar-refractivity contribution in [1.29, 1.82) is 0 Å². The first kappa shape index (κ1) is 18.7. The summed E-state index contributed by atoms with van der Waals surface area (Å²) in [5.74, 6) is -0.560. The summed E-state index contributed by atoms with van der Waals surface area (Å²) in [5, 5.41) is 12.5. The smallest absolute Gasteiger partial charge is 0.329 e. The van der Waals surface area contributed by atoms with Gasteiger partial charge < -0.3 is 19.9 Å². The summed E-state index contributed by atoms with van der Waals surface area (Å²) < 4.78 is 11.2. The first-order chi connectivity index (χ1) is 12.6. The number of carbonyl (C=O) groups is 2. The van der Waals surface area contributed by atoms with Crippen LogP contribution in [0, 0.1) is 0 Å². The highest BCUT2D eigenvalue weighted by atomic mass is 16.5. The average molecular weight is 361 g/mol. The van der Waals surface area contributed by atoms with E-state index in [0.717, 1.165) is 44.3 Å². The molecular formula is C20H27NO5. The van der Waals surface area contributed by atoms with Crippen LogP contribution in [0.5, 0.6) is 5.75 Å². The van der Waals surface area contributed by atoms with Crippen LogP contribution in [-0.2, 0) is 9.53 Å². The lowest BCUT2D eigenvalue weighted by atomic mass is 9.90. The van der Waals surface area contributed by atoms with E-state index in [-0.39, 0.29) is 12.0 Å². The summed E-state index contributed by atoms with van der Waals surface area (Å²) >= 11 is 0. The van der Waals surface area contributed by atoms with Gasteiger partial charge in [0.05, 0.1) is 13.2 Å². The fraction of sp³-hybridized carbons (Fsp3) is 0.600. The van der Waals surface area contributed by atoms with E-state index in [1.54, 1.807) is 24.3 Å². The van der Waals surface area contributed by atoms with Crippen LogP contribution in [0.1, 0.15) is 61.7 Å². The fourth-order valence-electron chi connectivity index (χ4n) is 3.69. The number of hydrogen-bond donors (Lipinski definition) is 2. The van der Waals surface area contributed by atoms with E-state index in [1.165, 1.54) is 0 Å². The largest absolute Gasteiger partial charge is 0.490 e. The zero-order valence-electron chi connectivity index (χ0n) is 15.0. The monoisotopic (exact) mass is 361 g/mol. The van der Waals surface area contributed by atoms with E-state index < -0.39 is 11.5 Å². The number of rotatable bonds is 5. The van der Waals surface area contributed by atoms with Gasteiger partial charge in [0, 0.05) is 18.4 Å². The first-order valence-electron chi connectivity index (χ1n) is 9.49. The van der Waals surface area contributed by atoms with Crippen molar-refractivity contribution in [3.63, 3.8) is 0 Å². The van der Waals surface area contributed by atoms with Gasteiger partial charge in [-0.3, -0.25) is 4.79 Å². The molecule has 2 fully saturated rings. The normalized spacial score (nSPS) is 20.8. The Kier molecular flexibility index (Phi) is 6.14. The van der Waals surface area contributed by atoms with Gasteiger partial charge >= 0.3 is 5.97 Å². The predicted octanol–water partition coefficient (Wildman–Crippen LogP) is 3.15. The third kappa shape index (κ3) is 4.55. The highest BCUT2D eigenvalue weighted by molar-refractivity contribution is 5.98. The van der Waals surface area contributed by atoms with E-state index >= 15 is 0 Å². The van der Waals surface area contributed by atoms with Crippen molar-refractivity contribution in [2.24, 2.45) is 0 Å². The minimum Gasteiger partial charge on any atom is -0.490 e. The van der Waals surface area contributed by atoms with Gasteiger partial charge in [0.25, 0.3) is 5.91 Å². The van der Waals surface area contributed by atoms with Gasteiger partial charge in [0.2, 0.25) is 0 Å². The molecule has 0 bridgehead atoms. The van der Waals surface area contributed by atoms with Crippen molar-refractivity contribution >= 4 is 11.9 Å². The molecule has 6 nitrogen and oxygen atoms in total. The Morgan fingerprint density at radius 3 is 2.23 bits per heavy atom. The molecule has 2 N–H and O–H groups in total. The van der Waals surface area contributed by atoms with Crippen LogP contribution in [0.25, 0.3) is 0 Å². The minimum absolute atomic E-state index is 0.143. The number of carbonyl (C=O) groups excluding carboxylic acids is 1. The molecule has 1 aliphatic carbocycles. The molecule has 6 heteroatoms.